The van der Waals surface area contributed by atoms with Crippen molar-refractivity contribution in [2.24, 2.45) is 5.92 Å². The average Bonchev–Trinajstić information content (AvgIpc) is 3.27. The zero-order valence-corrected chi connectivity index (χ0v) is 20.5. The summed E-state index contributed by atoms with van der Waals surface area (Å²) >= 11 is 0. The van der Waals surface area contributed by atoms with Gasteiger partial charge in [-0.25, -0.2) is 0 Å². The van der Waals surface area contributed by atoms with Gasteiger partial charge in [0.15, 0.2) is 0 Å². The molecule has 0 fully saturated rings. The Morgan fingerprint density at radius 3 is 2.74 bits per heavy atom. The van der Waals surface area contributed by atoms with E-state index in [0.29, 0.717) is 13.0 Å². The highest BCUT2D eigenvalue weighted by Gasteiger charge is 2.27. The first-order chi connectivity index (χ1) is 16.4. The van der Waals surface area contributed by atoms with E-state index in [0.717, 1.165) is 58.3 Å². The maximum Gasteiger partial charge on any atom is 0.231 e. The van der Waals surface area contributed by atoms with E-state index in [1.807, 2.05) is 50.5 Å². The van der Waals surface area contributed by atoms with Gasteiger partial charge in [-0.1, -0.05) is 6.07 Å². The third-order valence-corrected chi connectivity index (χ3v) is 6.24. The summed E-state index contributed by atoms with van der Waals surface area (Å²) in [5.41, 5.74) is 5.84. The third-order valence-electron chi connectivity index (χ3n) is 6.24. The minimum absolute atomic E-state index is 0.0528. The van der Waals surface area contributed by atoms with Crippen LogP contribution < -0.4 is 19.7 Å². The molecule has 1 aromatic heterocycles. The van der Waals surface area contributed by atoms with Gasteiger partial charge >= 0.3 is 0 Å². The summed E-state index contributed by atoms with van der Waals surface area (Å²) in [6.07, 6.45) is 2.44. The zero-order chi connectivity index (χ0) is 24.2. The fraction of sp³-hybridized carbons (Fsp3) is 0.385. The SMILES string of the molecule is COc1ccc2c(c1)C[C@@H](C(=O)Nc1ccc(-c3cn[nH]c3C)cc1N(C)CCN(C)C)CO2. The predicted molar refractivity (Wildman–Crippen MR) is 135 cm³/mol. The molecule has 8 heteroatoms. The molecule has 1 aliphatic rings. The van der Waals surface area contributed by atoms with Gasteiger partial charge in [-0.3, -0.25) is 9.89 Å². The van der Waals surface area contributed by atoms with Crippen LogP contribution in [0.15, 0.2) is 42.6 Å². The number of hydrogen-bond acceptors (Lipinski definition) is 6. The number of likely N-dealkylation sites (N-methyl/N-ethyl adjacent to an activating group) is 2. The van der Waals surface area contributed by atoms with Crippen LogP contribution in [-0.4, -0.2) is 69.0 Å². The molecular weight excluding hydrogens is 430 g/mol. The van der Waals surface area contributed by atoms with E-state index in [2.05, 4.69) is 45.5 Å². The number of carbonyl (C=O) groups is 1. The molecule has 8 nitrogen and oxygen atoms in total. The van der Waals surface area contributed by atoms with Crippen molar-refractivity contribution in [1.82, 2.24) is 15.1 Å². The maximum absolute atomic E-state index is 13.3. The summed E-state index contributed by atoms with van der Waals surface area (Å²) in [6.45, 7) is 4.07. The molecule has 3 aromatic rings. The Labute approximate surface area is 200 Å². The van der Waals surface area contributed by atoms with Crippen LogP contribution in [0.1, 0.15) is 11.3 Å². The second-order valence-corrected chi connectivity index (χ2v) is 9.04. The lowest BCUT2D eigenvalue weighted by Crippen LogP contribution is -2.33. The second-order valence-electron chi connectivity index (χ2n) is 9.04. The first-order valence-electron chi connectivity index (χ1n) is 11.5. The lowest BCUT2D eigenvalue weighted by Gasteiger charge is -2.27. The number of methoxy groups -OCH3 is 1. The first-order valence-corrected chi connectivity index (χ1v) is 11.5. The lowest BCUT2D eigenvalue weighted by atomic mass is 9.95. The van der Waals surface area contributed by atoms with Gasteiger partial charge in [0.1, 0.15) is 18.1 Å². The smallest absolute Gasteiger partial charge is 0.231 e. The monoisotopic (exact) mass is 463 g/mol. The van der Waals surface area contributed by atoms with E-state index in [-0.39, 0.29) is 11.8 Å². The molecule has 1 aliphatic heterocycles. The van der Waals surface area contributed by atoms with Crippen LogP contribution in [0.5, 0.6) is 11.5 Å². The Bertz CT molecular complexity index is 1160. The van der Waals surface area contributed by atoms with Gasteiger partial charge in [-0.15, -0.1) is 0 Å². The number of ether oxygens (including phenoxy) is 2. The Balaban J connectivity index is 1.57. The summed E-state index contributed by atoms with van der Waals surface area (Å²) in [5, 5.41) is 10.3. The Morgan fingerprint density at radius 1 is 1.21 bits per heavy atom. The molecule has 34 heavy (non-hydrogen) atoms. The predicted octanol–water partition coefficient (Wildman–Crippen LogP) is 3.58. The molecule has 2 N–H and O–H groups in total. The van der Waals surface area contributed by atoms with Crippen LogP contribution in [0.3, 0.4) is 0 Å². The topological polar surface area (TPSA) is 82.7 Å². The van der Waals surface area contributed by atoms with Crippen molar-refractivity contribution in [3.63, 3.8) is 0 Å². The number of benzene rings is 2. The van der Waals surface area contributed by atoms with Crippen molar-refractivity contribution >= 4 is 17.3 Å². The van der Waals surface area contributed by atoms with Gasteiger partial charge in [0.05, 0.1) is 30.6 Å². The van der Waals surface area contributed by atoms with Crippen LogP contribution in [0.25, 0.3) is 11.1 Å². The second kappa shape index (κ2) is 10.2. The molecule has 0 saturated heterocycles. The van der Waals surface area contributed by atoms with Gasteiger partial charge < -0.3 is 24.6 Å². The van der Waals surface area contributed by atoms with Crippen LogP contribution in [-0.2, 0) is 11.2 Å². The molecule has 0 radical (unpaired) electrons. The summed E-state index contributed by atoms with van der Waals surface area (Å²) in [6, 6.07) is 11.8. The molecule has 4 rings (SSSR count). The quantitative estimate of drug-likeness (QED) is 0.531. The fourth-order valence-electron chi connectivity index (χ4n) is 4.13. The van der Waals surface area contributed by atoms with E-state index in [4.69, 9.17) is 9.47 Å². The van der Waals surface area contributed by atoms with Gasteiger partial charge in [-0.05, 0) is 68.9 Å². The fourth-order valence-corrected chi connectivity index (χ4v) is 4.13. The number of aromatic nitrogens is 2. The van der Waals surface area contributed by atoms with Gasteiger partial charge in [0.25, 0.3) is 0 Å². The number of nitrogens with zero attached hydrogens (tertiary/aromatic N) is 3. The number of aryl methyl sites for hydroxylation is 1. The normalized spacial score (nSPS) is 14.9. The maximum atomic E-state index is 13.3. The highest BCUT2D eigenvalue weighted by atomic mass is 16.5. The summed E-state index contributed by atoms with van der Waals surface area (Å²) in [4.78, 5) is 17.6. The molecule has 0 saturated carbocycles. The number of hydrogen-bond donors (Lipinski definition) is 2. The number of carbonyl (C=O) groups excluding carboxylic acids is 1. The van der Waals surface area contributed by atoms with Crippen molar-refractivity contribution in [2.75, 3.05) is 58.2 Å². The van der Waals surface area contributed by atoms with Gasteiger partial charge in [0, 0.05) is 31.4 Å². The van der Waals surface area contributed by atoms with E-state index >= 15 is 0 Å². The van der Waals surface area contributed by atoms with E-state index < -0.39 is 0 Å². The number of fused-ring (bicyclic) bond motifs is 1. The molecule has 0 spiro atoms. The Kier molecular flexibility index (Phi) is 7.07. The van der Waals surface area contributed by atoms with Crippen LogP contribution in [0.4, 0.5) is 11.4 Å². The van der Waals surface area contributed by atoms with Crippen LogP contribution >= 0.6 is 0 Å². The Morgan fingerprint density at radius 2 is 2.03 bits per heavy atom. The number of aromatic amines is 1. The highest BCUT2D eigenvalue weighted by Crippen LogP contribution is 2.34. The standard InChI is InChI=1S/C26H33N5O3/c1-17-22(15-27-29-17)18-6-8-23(24(14-18)31(4)11-10-30(2)3)28-26(32)20-12-19-13-21(33-5)7-9-25(19)34-16-20/h6-9,13-15,20H,10-12,16H2,1-5H3,(H,27,29)(H,28,32)/t20-/m1/s1. The molecule has 0 aliphatic carbocycles. The van der Waals surface area contributed by atoms with Crippen LogP contribution in [0, 0.1) is 12.8 Å². The van der Waals surface area contributed by atoms with Gasteiger partial charge in [0.2, 0.25) is 5.91 Å². The molecule has 180 valence electrons. The largest absolute Gasteiger partial charge is 0.497 e. The number of amides is 1. The molecule has 1 amide bonds. The number of nitrogens with one attached hydrogen (secondary N) is 2. The summed E-state index contributed by atoms with van der Waals surface area (Å²) in [5.74, 6) is 1.24. The Hall–Kier alpha value is -3.52. The molecule has 1 atom stereocenters. The van der Waals surface area contributed by atoms with Crippen molar-refractivity contribution in [3.8, 4) is 22.6 Å². The third kappa shape index (κ3) is 5.17. The van der Waals surface area contributed by atoms with E-state index in [1.165, 1.54) is 0 Å². The van der Waals surface area contributed by atoms with Crippen molar-refractivity contribution in [1.29, 1.82) is 0 Å². The van der Waals surface area contributed by atoms with E-state index in [9.17, 15) is 4.79 Å². The molecule has 2 heterocycles. The molecular formula is C26H33N5O3. The number of rotatable bonds is 8. The number of anilines is 2. The average molecular weight is 464 g/mol. The van der Waals surface area contributed by atoms with E-state index in [1.54, 1.807) is 7.11 Å². The summed E-state index contributed by atoms with van der Waals surface area (Å²) < 4.78 is 11.2. The minimum Gasteiger partial charge on any atom is -0.497 e. The van der Waals surface area contributed by atoms with Crippen molar-refractivity contribution in [3.05, 3.63) is 53.9 Å². The first kappa shape index (κ1) is 23.6. The highest BCUT2D eigenvalue weighted by molar-refractivity contribution is 5.97. The molecule has 0 bridgehead atoms. The molecule has 2 aromatic carbocycles. The van der Waals surface area contributed by atoms with Gasteiger partial charge in [-0.2, -0.15) is 5.10 Å². The zero-order valence-electron chi connectivity index (χ0n) is 20.5. The van der Waals surface area contributed by atoms with Crippen molar-refractivity contribution < 1.29 is 14.3 Å². The molecule has 0 unspecified atom stereocenters. The minimum atomic E-state index is -0.282. The summed E-state index contributed by atoms with van der Waals surface area (Å²) in [7, 11) is 7.79. The number of H-pyrrole nitrogens is 1. The van der Waals surface area contributed by atoms with Crippen molar-refractivity contribution in [2.45, 2.75) is 13.3 Å². The van der Waals surface area contributed by atoms with Crippen LogP contribution in [0.2, 0.25) is 0 Å². The lowest BCUT2D eigenvalue weighted by molar-refractivity contribution is -0.121.